The van der Waals surface area contributed by atoms with Crippen LogP contribution in [0, 0.1) is 0 Å². The number of nitrogens with zero attached hydrogens (tertiary/aromatic N) is 1. The van der Waals surface area contributed by atoms with Crippen LogP contribution in [0.25, 0.3) is 0 Å². The normalized spacial score (nSPS) is 15.4. The summed E-state index contributed by atoms with van der Waals surface area (Å²) in [6.07, 6.45) is 1.35. The molecular weight excluding hydrogens is 384 g/mol. The Kier molecular flexibility index (Phi) is 6.39. The Morgan fingerprint density at radius 1 is 1.24 bits per heavy atom. The van der Waals surface area contributed by atoms with Crippen LogP contribution in [0.1, 0.15) is 10.5 Å². The molecule has 3 rings (SSSR count). The third-order valence-corrected chi connectivity index (χ3v) is 6.54. The first kappa shape index (κ1) is 19.6. The summed E-state index contributed by atoms with van der Waals surface area (Å²) < 4.78 is 26.6. The number of hydrogen-bond acceptors (Lipinski definition) is 5. The Morgan fingerprint density at radius 2 is 1.92 bits per heavy atom. The number of nitrogens with one attached hydrogen (secondary N) is 2. The Morgan fingerprint density at radius 3 is 2.60 bits per heavy atom. The highest BCUT2D eigenvalue weighted by Gasteiger charge is 2.27. The van der Waals surface area contributed by atoms with Crippen LogP contribution in [0.4, 0.5) is 11.4 Å². The van der Waals surface area contributed by atoms with E-state index in [9.17, 15) is 13.2 Å². The average Bonchev–Trinajstić information content (AvgIpc) is 3.09. The summed E-state index contributed by atoms with van der Waals surface area (Å²) in [5.74, 6) is 1.12. The first-order valence-corrected chi connectivity index (χ1v) is 10.00. The van der Waals surface area contributed by atoms with Crippen molar-refractivity contribution in [1.82, 2.24) is 9.29 Å². The highest BCUT2D eigenvalue weighted by Crippen LogP contribution is 2.22. The Labute approximate surface area is 156 Å². The summed E-state index contributed by atoms with van der Waals surface area (Å²) >= 11 is 1.73. The van der Waals surface area contributed by atoms with Gasteiger partial charge in [-0.05, 0) is 18.2 Å². The molecule has 1 saturated heterocycles. The number of aromatic nitrogens is 1. The quantitative estimate of drug-likeness (QED) is 0.678. The van der Waals surface area contributed by atoms with E-state index in [1.54, 1.807) is 36.0 Å². The molecule has 136 valence electrons. The molecule has 1 amide bonds. The number of anilines is 2. The fourth-order valence-corrected chi connectivity index (χ4v) is 4.96. The van der Waals surface area contributed by atoms with Crippen LogP contribution in [0.15, 0.2) is 41.4 Å². The van der Waals surface area contributed by atoms with Crippen molar-refractivity contribution in [2.24, 2.45) is 0 Å². The first-order chi connectivity index (χ1) is 11.5. The molecule has 0 unspecified atom stereocenters. The highest BCUT2D eigenvalue weighted by atomic mass is 35.5. The Balaban J connectivity index is 0.00000225. The highest BCUT2D eigenvalue weighted by molar-refractivity contribution is 7.99. The SMILES string of the molecule is Cl.Nc1ccccc1NC(=O)c1cc(S(=O)(=O)N2CCSCC2)c[nH]1. The summed E-state index contributed by atoms with van der Waals surface area (Å²) in [5.41, 5.74) is 6.88. The summed E-state index contributed by atoms with van der Waals surface area (Å²) in [5, 5.41) is 2.66. The number of thioether (sulfide) groups is 1. The summed E-state index contributed by atoms with van der Waals surface area (Å²) in [4.78, 5) is 15.1. The van der Waals surface area contributed by atoms with Gasteiger partial charge in [0.15, 0.2) is 0 Å². The molecule has 0 aliphatic carbocycles. The molecular formula is C15H19ClN4O3S2. The molecule has 25 heavy (non-hydrogen) atoms. The molecule has 0 saturated carbocycles. The van der Waals surface area contributed by atoms with Crippen molar-refractivity contribution < 1.29 is 13.2 Å². The number of nitrogens with two attached hydrogens (primary N) is 1. The van der Waals surface area contributed by atoms with Crippen molar-refractivity contribution in [2.75, 3.05) is 35.6 Å². The standard InChI is InChI=1S/C15H18N4O3S2.ClH/c16-12-3-1-2-4-13(12)18-15(20)14-9-11(10-17-14)24(21,22)19-5-7-23-8-6-19;/h1-4,9-10,17H,5-8,16H2,(H,18,20);1H. The van der Waals surface area contributed by atoms with Gasteiger partial charge in [-0.25, -0.2) is 8.42 Å². The number of rotatable bonds is 4. The molecule has 1 aliphatic rings. The second-order valence-electron chi connectivity index (χ2n) is 5.31. The number of halogens is 1. The van der Waals surface area contributed by atoms with Gasteiger partial charge >= 0.3 is 0 Å². The van der Waals surface area contributed by atoms with Crippen LogP contribution in [-0.4, -0.2) is 48.2 Å². The van der Waals surface area contributed by atoms with E-state index < -0.39 is 15.9 Å². The third-order valence-electron chi connectivity index (χ3n) is 3.72. The molecule has 1 fully saturated rings. The molecule has 0 radical (unpaired) electrons. The van der Waals surface area contributed by atoms with Gasteiger partial charge in [0, 0.05) is 30.8 Å². The number of hydrogen-bond donors (Lipinski definition) is 3. The fourth-order valence-electron chi connectivity index (χ4n) is 2.39. The van der Waals surface area contributed by atoms with E-state index in [0.717, 1.165) is 11.5 Å². The van der Waals surface area contributed by atoms with Crippen molar-refractivity contribution in [3.05, 3.63) is 42.2 Å². The molecule has 4 N–H and O–H groups in total. The average molecular weight is 403 g/mol. The second kappa shape index (κ2) is 8.13. The van der Waals surface area contributed by atoms with Crippen LogP contribution < -0.4 is 11.1 Å². The van der Waals surface area contributed by atoms with Crippen LogP contribution in [0.3, 0.4) is 0 Å². The molecule has 10 heteroatoms. The number of sulfonamides is 1. The second-order valence-corrected chi connectivity index (χ2v) is 8.47. The molecule has 0 bridgehead atoms. The maximum Gasteiger partial charge on any atom is 0.272 e. The van der Waals surface area contributed by atoms with E-state index in [-0.39, 0.29) is 23.0 Å². The van der Waals surface area contributed by atoms with Crippen molar-refractivity contribution in [2.45, 2.75) is 4.90 Å². The lowest BCUT2D eigenvalue weighted by Crippen LogP contribution is -2.37. The molecule has 0 atom stereocenters. The van der Waals surface area contributed by atoms with Crippen molar-refractivity contribution in [3.8, 4) is 0 Å². The van der Waals surface area contributed by atoms with E-state index in [1.165, 1.54) is 16.6 Å². The van der Waals surface area contributed by atoms with Crippen molar-refractivity contribution in [1.29, 1.82) is 0 Å². The van der Waals surface area contributed by atoms with E-state index in [0.29, 0.717) is 24.5 Å². The summed E-state index contributed by atoms with van der Waals surface area (Å²) in [7, 11) is -3.57. The molecule has 2 heterocycles. The van der Waals surface area contributed by atoms with Gasteiger partial charge in [-0.1, -0.05) is 12.1 Å². The van der Waals surface area contributed by atoms with Crippen LogP contribution in [0.5, 0.6) is 0 Å². The predicted octanol–water partition coefficient (Wildman–Crippen LogP) is 2.01. The van der Waals surface area contributed by atoms with Crippen LogP contribution in [-0.2, 0) is 10.0 Å². The largest absolute Gasteiger partial charge is 0.397 e. The predicted molar refractivity (Wildman–Crippen MR) is 103 cm³/mol. The van der Waals surface area contributed by atoms with E-state index in [4.69, 9.17) is 5.73 Å². The minimum atomic E-state index is -3.57. The van der Waals surface area contributed by atoms with Gasteiger partial charge in [0.2, 0.25) is 10.0 Å². The van der Waals surface area contributed by atoms with E-state index in [2.05, 4.69) is 10.3 Å². The smallest absolute Gasteiger partial charge is 0.272 e. The van der Waals surface area contributed by atoms with Crippen molar-refractivity contribution >= 4 is 51.5 Å². The minimum absolute atomic E-state index is 0. The molecule has 1 aliphatic heterocycles. The number of H-pyrrole nitrogens is 1. The lowest BCUT2D eigenvalue weighted by atomic mass is 10.2. The summed E-state index contributed by atoms with van der Waals surface area (Å²) in [6.45, 7) is 0.973. The molecule has 1 aromatic heterocycles. The van der Waals surface area contributed by atoms with Gasteiger partial charge in [0.05, 0.1) is 11.4 Å². The zero-order valence-electron chi connectivity index (χ0n) is 13.3. The van der Waals surface area contributed by atoms with Gasteiger partial charge in [-0.3, -0.25) is 4.79 Å². The topological polar surface area (TPSA) is 108 Å². The zero-order valence-corrected chi connectivity index (χ0v) is 15.7. The van der Waals surface area contributed by atoms with Crippen LogP contribution in [0.2, 0.25) is 0 Å². The fraction of sp³-hybridized carbons (Fsp3) is 0.267. The van der Waals surface area contributed by atoms with E-state index >= 15 is 0 Å². The van der Waals surface area contributed by atoms with Gasteiger partial charge in [0.1, 0.15) is 10.6 Å². The number of benzene rings is 1. The minimum Gasteiger partial charge on any atom is -0.397 e. The molecule has 7 nitrogen and oxygen atoms in total. The number of nitrogen functional groups attached to an aromatic ring is 1. The molecule has 1 aromatic carbocycles. The molecule has 0 spiro atoms. The van der Waals surface area contributed by atoms with Gasteiger partial charge in [-0.15, -0.1) is 12.4 Å². The summed E-state index contributed by atoms with van der Waals surface area (Å²) in [6, 6.07) is 8.23. The monoisotopic (exact) mass is 402 g/mol. The Bertz CT molecular complexity index is 848. The number of carbonyl (C=O) groups excluding carboxylic acids is 1. The molecule has 2 aromatic rings. The third kappa shape index (κ3) is 4.30. The first-order valence-electron chi connectivity index (χ1n) is 7.40. The van der Waals surface area contributed by atoms with Gasteiger partial charge in [0.25, 0.3) is 5.91 Å². The maximum atomic E-state index is 12.6. The maximum absolute atomic E-state index is 12.6. The lowest BCUT2D eigenvalue weighted by molar-refractivity contribution is 0.102. The van der Waals surface area contributed by atoms with Gasteiger partial charge < -0.3 is 16.0 Å². The number of para-hydroxylation sites is 2. The lowest BCUT2D eigenvalue weighted by Gasteiger charge is -2.24. The van der Waals surface area contributed by atoms with E-state index in [1.807, 2.05) is 0 Å². The Hall–Kier alpha value is -1.68. The van der Waals surface area contributed by atoms with Crippen LogP contribution >= 0.6 is 24.2 Å². The number of carbonyl (C=O) groups is 1. The van der Waals surface area contributed by atoms with Crippen molar-refractivity contribution in [3.63, 3.8) is 0 Å². The number of amides is 1. The number of aromatic amines is 1. The zero-order chi connectivity index (χ0) is 17.2. The van der Waals surface area contributed by atoms with Gasteiger partial charge in [-0.2, -0.15) is 16.1 Å².